The maximum atomic E-state index is 6.57. The van der Waals surface area contributed by atoms with Gasteiger partial charge in [-0.2, -0.15) is 0 Å². The summed E-state index contributed by atoms with van der Waals surface area (Å²) in [5.74, 6) is 0. The van der Waals surface area contributed by atoms with E-state index in [1.807, 2.05) is 6.07 Å². The number of rotatable bonds is 0. The summed E-state index contributed by atoms with van der Waals surface area (Å²) < 4.78 is 11.4. The Balaban J connectivity index is 1.75. The number of hydrogen-bond donors (Lipinski definition) is 0. The van der Waals surface area contributed by atoms with Gasteiger partial charge in [-0.05, 0) is 35.7 Å². The molecular formula is C31H18N2O. The van der Waals surface area contributed by atoms with Gasteiger partial charge in [-0.1, -0.05) is 60.7 Å². The molecule has 0 atom stereocenters. The Morgan fingerprint density at radius 3 is 2.03 bits per heavy atom. The molecule has 158 valence electrons. The van der Waals surface area contributed by atoms with E-state index in [1.54, 1.807) is 0 Å². The first-order valence-electron chi connectivity index (χ1n) is 11.7. The van der Waals surface area contributed by atoms with Crippen LogP contribution in [0.15, 0.2) is 95.4 Å². The number of aromatic nitrogens is 2. The van der Waals surface area contributed by atoms with E-state index in [2.05, 4.69) is 101 Å². The largest absolute Gasteiger partial charge is 0.454 e. The lowest BCUT2D eigenvalue weighted by atomic mass is 10.0. The standard InChI is InChI=1S/C31H18N2O/c1-32-23-11-5-8-18-19-9-4-10-20-21-15-16-22-17-7-2-3-14-26(17)34-31(22)30(21)33(29(19)20)25-13-6-12-24(32)28(25)27(18)23/h2-16H,1H3. The van der Waals surface area contributed by atoms with Gasteiger partial charge < -0.3 is 13.4 Å². The topological polar surface area (TPSA) is 22.5 Å². The molecule has 0 bridgehead atoms. The second-order valence-electron chi connectivity index (χ2n) is 9.40. The van der Waals surface area contributed by atoms with E-state index in [4.69, 9.17) is 4.42 Å². The van der Waals surface area contributed by atoms with Crippen LogP contribution in [0.2, 0.25) is 0 Å². The van der Waals surface area contributed by atoms with Crippen LogP contribution in [0.4, 0.5) is 0 Å². The summed E-state index contributed by atoms with van der Waals surface area (Å²) in [4.78, 5) is 0. The third-order valence-corrected chi connectivity index (χ3v) is 7.86. The van der Waals surface area contributed by atoms with Crippen molar-refractivity contribution in [2.45, 2.75) is 0 Å². The van der Waals surface area contributed by atoms with E-state index in [-0.39, 0.29) is 0 Å². The summed E-state index contributed by atoms with van der Waals surface area (Å²) in [6.07, 6.45) is 0. The lowest BCUT2D eigenvalue weighted by Gasteiger charge is -2.04. The maximum Gasteiger partial charge on any atom is 0.160 e. The minimum absolute atomic E-state index is 0.931. The van der Waals surface area contributed by atoms with E-state index in [0.717, 1.165) is 27.5 Å². The van der Waals surface area contributed by atoms with Gasteiger partial charge in [0.25, 0.3) is 0 Å². The van der Waals surface area contributed by atoms with Gasteiger partial charge in [0.2, 0.25) is 0 Å². The molecule has 0 fully saturated rings. The molecule has 0 aliphatic heterocycles. The monoisotopic (exact) mass is 434 g/mol. The quantitative estimate of drug-likeness (QED) is 0.235. The number of aryl methyl sites for hydroxylation is 1. The number of furan rings is 1. The van der Waals surface area contributed by atoms with Gasteiger partial charge in [0, 0.05) is 50.3 Å². The van der Waals surface area contributed by atoms with E-state index in [1.165, 1.54) is 54.4 Å². The van der Waals surface area contributed by atoms with E-state index in [9.17, 15) is 0 Å². The summed E-state index contributed by atoms with van der Waals surface area (Å²) in [6, 6.07) is 32.9. The zero-order valence-electron chi connectivity index (χ0n) is 18.5. The summed E-state index contributed by atoms with van der Waals surface area (Å²) in [7, 11) is 2.17. The van der Waals surface area contributed by atoms with Gasteiger partial charge in [0.15, 0.2) is 5.58 Å². The van der Waals surface area contributed by atoms with Crippen LogP contribution >= 0.6 is 0 Å². The minimum Gasteiger partial charge on any atom is -0.454 e. The smallest absolute Gasteiger partial charge is 0.160 e. The molecule has 3 heteroatoms. The minimum atomic E-state index is 0.931. The third-order valence-electron chi connectivity index (χ3n) is 7.86. The van der Waals surface area contributed by atoms with Crippen molar-refractivity contribution in [1.29, 1.82) is 0 Å². The Morgan fingerprint density at radius 1 is 0.500 bits per heavy atom. The SMILES string of the molecule is Cn1c2cccc3c4cccc5c6ccc7c8ccccc8oc7c6n(c6cccc1c6c32)c45. The van der Waals surface area contributed by atoms with Crippen molar-refractivity contribution >= 4 is 81.8 Å². The van der Waals surface area contributed by atoms with E-state index < -0.39 is 0 Å². The van der Waals surface area contributed by atoms with Crippen molar-refractivity contribution < 1.29 is 4.42 Å². The number of hydrogen-bond acceptors (Lipinski definition) is 1. The van der Waals surface area contributed by atoms with Crippen LogP contribution in [0.5, 0.6) is 0 Å². The zero-order chi connectivity index (χ0) is 22.1. The van der Waals surface area contributed by atoms with Crippen molar-refractivity contribution in [1.82, 2.24) is 8.97 Å². The fourth-order valence-electron chi connectivity index (χ4n) is 6.47. The molecule has 0 aliphatic rings. The Labute approximate surface area is 193 Å². The van der Waals surface area contributed by atoms with Crippen LogP contribution in [-0.4, -0.2) is 8.97 Å². The predicted molar refractivity (Wildman–Crippen MR) is 142 cm³/mol. The molecule has 0 aliphatic carbocycles. The predicted octanol–water partition coefficient (Wildman–Crippen LogP) is 8.38. The number of nitrogens with zero attached hydrogens (tertiary/aromatic N) is 2. The van der Waals surface area contributed by atoms with Crippen molar-refractivity contribution in [3.8, 4) is 0 Å². The summed E-state index contributed by atoms with van der Waals surface area (Å²) >= 11 is 0. The van der Waals surface area contributed by atoms with Crippen molar-refractivity contribution in [3.05, 3.63) is 91.0 Å². The van der Waals surface area contributed by atoms with Crippen LogP contribution in [0.3, 0.4) is 0 Å². The van der Waals surface area contributed by atoms with Crippen LogP contribution in [-0.2, 0) is 7.05 Å². The number of fused-ring (bicyclic) bond motifs is 9. The summed E-state index contributed by atoms with van der Waals surface area (Å²) in [6.45, 7) is 0. The number of benzene rings is 5. The fourth-order valence-corrected chi connectivity index (χ4v) is 6.47. The Kier molecular flexibility index (Phi) is 2.77. The average molecular weight is 434 g/mol. The molecular weight excluding hydrogens is 416 g/mol. The molecule has 0 spiro atoms. The van der Waals surface area contributed by atoms with E-state index in [0.29, 0.717) is 0 Å². The van der Waals surface area contributed by atoms with Crippen molar-refractivity contribution in [2.24, 2.45) is 7.05 Å². The van der Waals surface area contributed by atoms with Crippen molar-refractivity contribution in [2.75, 3.05) is 0 Å². The van der Waals surface area contributed by atoms with Gasteiger partial charge in [0.1, 0.15) is 5.58 Å². The highest BCUT2D eigenvalue weighted by Crippen LogP contribution is 2.45. The fraction of sp³-hybridized carbons (Fsp3) is 0.0323. The lowest BCUT2D eigenvalue weighted by molar-refractivity contribution is 0.671. The average Bonchev–Trinajstić information content (AvgIpc) is 3.49. The normalized spacial score (nSPS) is 12.9. The van der Waals surface area contributed by atoms with Gasteiger partial charge in [-0.25, -0.2) is 0 Å². The van der Waals surface area contributed by atoms with Gasteiger partial charge in [0.05, 0.1) is 22.1 Å². The van der Waals surface area contributed by atoms with Crippen LogP contribution in [0, 0.1) is 0 Å². The molecule has 34 heavy (non-hydrogen) atoms. The highest BCUT2D eigenvalue weighted by atomic mass is 16.3. The maximum absolute atomic E-state index is 6.57. The van der Waals surface area contributed by atoms with Crippen molar-refractivity contribution in [3.63, 3.8) is 0 Å². The van der Waals surface area contributed by atoms with Crippen LogP contribution in [0.25, 0.3) is 81.8 Å². The summed E-state index contributed by atoms with van der Waals surface area (Å²) in [5, 5.41) is 10.0. The molecule has 0 saturated carbocycles. The first-order chi connectivity index (χ1) is 16.8. The number of para-hydroxylation sites is 2. The Bertz CT molecular complexity index is 2290. The molecule has 0 saturated heterocycles. The molecule has 0 unspecified atom stereocenters. The first kappa shape index (κ1) is 17.0. The molecule has 3 nitrogen and oxygen atoms in total. The molecule has 9 aromatic rings. The van der Waals surface area contributed by atoms with Crippen LogP contribution in [0.1, 0.15) is 0 Å². The second-order valence-corrected chi connectivity index (χ2v) is 9.40. The second kappa shape index (κ2) is 5.52. The summed E-state index contributed by atoms with van der Waals surface area (Å²) in [5.41, 5.74) is 8.02. The molecule has 5 aromatic carbocycles. The van der Waals surface area contributed by atoms with Gasteiger partial charge >= 0.3 is 0 Å². The third kappa shape index (κ3) is 1.74. The molecule has 0 radical (unpaired) electrons. The molecule has 0 amide bonds. The highest BCUT2D eigenvalue weighted by molar-refractivity contribution is 6.32. The zero-order valence-corrected chi connectivity index (χ0v) is 18.5. The molecule has 4 heterocycles. The van der Waals surface area contributed by atoms with Gasteiger partial charge in [-0.15, -0.1) is 0 Å². The first-order valence-corrected chi connectivity index (χ1v) is 11.7. The highest BCUT2D eigenvalue weighted by Gasteiger charge is 2.22. The Morgan fingerprint density at radius 2 is 1.12 bits per heavy atom. The Hall–Kier alpha value is -4.50. The van der Waals surface area contributed by atoms with Gasteiger partial charge in [-0.3, -0.25) is 0 Å². The van der Waals surface area contributed by atoms with E-state index >= 15 is 0 Å². The lowest BCUT2D eigenvalue weighted by Crippen LogP contribution is -1.89. The molecule has 0 N–H and O–H groups in total. The van der Waals surface area contributed by atoms with Crippen LogP contribution < -0.4 is 0 Å². The molecule has 9 rings (SSSR count). The molecule has 4 aromatic heterocycles.